The van der Waals surface area contributed by atoms with E-state index < -0.39 is 6.16 Å². The molecule has 0 saturated heterocycles. The quantitative estimate of drug-likeness (QED) is 0.703. The van der Waals surface area contributed by atoms with E-state index in [1.165, 1.54) is 7.11 Å². The predicted octanol–water partition coefficient (Wildman–Crippen LogP) is 2.31. The molecule has 1 aromatic carbocycles. The molecule has 0 spiro atoms. The molecule has 1 aromatic heterocycles. The van der Waals surface area contributed by atoms with Gasteiger partial charge < -0.3 is 14.5 Å². The molecule has 0 aliphatic heterocycles. The lowest BCUT2D eigenvalue weighted by Crippen LogP contribution is -2.07. The van der Waals surface area contributed by atoms with Crippen LogP contribution in [0.1, 0.15) is 0 Å². The van der Waals surface area contributed by atoms with Gasteiger partial charge in [-0.3, -0.25) is 0 Å². The van der Waals surface area contributed by atoms with Gasteiger partial charge in [0.25, 0.3) is 0 Å². The Hall–Kier alpha value is -1.97. The molecular formula is C10H9NO3. The molecule has 0 aliphatic rings. The van der Waals surface area contributed by atoms with Gasteiger partial charge in [0, 0.05) is 17.0 Å². The summed E-state index contributed by atoms with van der Waals surface area (Å²) in [5.74, 6) is 0.387. The Bertz CT molecular complexity index is 428. The number of aromatic amines is 1. The van der Waals surface area contributed by atoms with Crippen molar-refractivity contribution in [2.45, 2.75) is 0 Å². The van der Waals surface area contributed by atoms with Crippen molar-refractivity contribution in [2.75, 3.05) is 7.11 Å². The summed E-state index contributed by atoms with van der Waals surface area (Å²) in [6.07, 6.45) is -0.725. The summed E-state index contributed by atoms with van der Waals surface area (Å²) in [6.45, 7) is 0. The van der Waals surface area contributed by atoms with Gasteiger partial charge in [0.15, 0.2) is 0 Å². The molecule has 0 radical (unpaired) electrons. The molecule has 0 bridgehead atoms. The van der Waals surface area contributed by atoms with E-state index in [4.69, 9.17) is 4.74 Å². The van der Waals surface area contributed by atoms with Crippen LogP contribution in [0, 0.1) is 0 Å². The van der Waals surface area contributed by atoms with Crippen molar-refractivity contribution in [1.29, 1.82) is 0 Å². The standard InChI is InChI=1S/C10H9NO3/c1-13-10(12)14-9-6-7-4-2-3-5-8(7)11-9/h2-6,11H,1H3. The fraction of sp³-hybridized carbons (Fsp3) is 0.100. The number of fused-ring (bicyclic) bond motifs is 1. The van der Waals surface area contributed by atoms with Gasteiger partial charge >= 0.3 is 6.16 Å². The first-order valence-corrected chi connectivity index (χ1v) is 4.13. The Labute approximate surface area is 80.4 Å². The van der Waals surface area contributed by atoms with E-state index in [9.17, 15) is 4.79 Å². The van der Waals surface area contributed by atoms with E-state index in [1.54, 1.807) is 6.07 Å². The third-order valence-electron chi connectivity index (χ3n) is 1.87. The number of H-pyrrole nitrogens is 1. The fourth-order valence-electron chi connectivity index (χ4n) is 1.23. The molecule has 1 N–H and O–H groups in total. The van der Waals surface area contributed by atoms with Crippen LogP contribution in [0.25, 0.3) is 10.9 Å². The van der Waals surface area contributed by atoms with Gasteiger partial charge in [0.2, 0.25) is 5.88 Å². The molecular weight excluding hydrogens is 182 g/mol. The zero-order chi connectivity index (χ0) is 9.97. The van der Waals surface area contributed by atoms with Gasteiger partial charge in [0.05, 0.1) is 7.11 Å². The largest absolute Gasteiger partial charge is 0.514 e. The zero-order valence-corrected chi connectivity index (χ0v) is 7.61. The number of nitrogens with one attached hydrogen (secondary N) is 1. The fourth-order valence-corrected chi connectivity index (χ4v) is 1.23. The van der Waals surface area contributed by atoms with E-state index in [2.05, 4.69) is 9.72 Å². The Morgan fingerprint density at radius 3 is 2.86 bits per heavy atom. The first kappa shape index (κ1) is 8.62. The highest BCUT2D eigenvalue weighted by molar-refractivity contribution is 5.82. The highest BCUT2D eigenvalue weighted by atomic mass is 16.7. The molecule has 0 unspecified atom stereocenters. The van der Waals surface area contributed by atoms with Gasteiger partial charge in [-0.05, 0) is 6.07 Å². The van der Waals surface area contributed by atoms with Crippen LogP contribution in [0.5, 0.6) is 5.88 Å². The highest BCUT2D eigenvalue weighted by Crippen LogP contribution is 2.19. The van der Waals surface area contributed by atoms with Crippen molar-refractivity contribution < 1.29 is 14.3 Å². The first-order valence-electron chi connectivity index (χ1n) is 4.13. The number of aromatic nitrogens is 1. The summed E-state index contributed by atoms with van der Waals surface area (Å²) in [5, 5.41) is 0.992. The second-order valence-electron chi connectivity index (χ2n) is 2.78. The minimum atomic E-state index is -0.725. The number of carbonyl (C=O) groups is 1. The minimum Gasteiger partial charge on any atom is -0.437 e. The average molecular weight is 191 g/mol. The van der Waals surface area contributed by atoms with Crippen molar-refractivity contribution in [3.63, 3.8) is 0 Å². The van der Waals surface area contributed by atoms with E-state index in [1.807, 2.05) is 24.3 Å². The average Bonchev–Trinajstić information content (AvgIpc) is 2.59. The third kappa shape index (κ3) is 1.54. The number of para-hydroxylation sites is 1. The second-order valence-corrected chi connectivity index (χ2v) is 2.78. The number of rotatable bonds is 1. The molecule has 0 saturated carbocycles. The van der Waals surface area contributed by atoms with Gasteiger partial charge in [-0.1, -0.05) is 18.2 Å². The summed E-state index contributed by atoms with van der Waals surface area (Å²) in [7, 11) is 1.27. The number of hydrogen-bond acceptors (Lipinski definition) is 3. The molecule has 0 atom stereocenters. The van der Waals surface area contributed by atoms with E-state index in [-0.39, 0.29) is 0 Å². The first-order chi connectivity index (χ1) is 6.79. The lowest BCUT2D eigenvalue weighted by atomic mass is 10.3. The van der Waals surface area contributed by atoms with Crippen LogP contribution < -0.4 is 4.74 Å². The van der Waals surface area contributed by atoms with Crippen LogP contribution >= 0.6 is 0 Å². The van der Waals surface area contributed by atoms with E-state index >= 15 is 0 Å². The molecule has 0 aliphatic carbocycles. The van der Waals surface area contributed by atoms with Crippen LogP contribution in [0.3, 0.4) is 0 Å². The van der Waals surface area contributed by atoms with Gasteiger partial charge in [0.1, 0.15) is 0 Å². The molecule has 72 valence electrons. The SMILES string of the molecule is COC(=O)Oc1cc2ccccc2[nH]1. The zero-order valence-electron chi connectivity index (χ0n) is 7.61. The van der Waals surface area contributed by atoms with Gasteiger partial charge in [-0.2, -0.15) is 0 Å². The van der Waals surface area contributed by atoms with Crippen molar-refractivity contribution in [3.8, 4) is 5.88 Å². The van der Waals surface area contributed by atoms with Crippen molar-refractivity contribution in [3.05, 3.63) is 30.3 Å². The third-order valence-corrected chi connectivity index (χ3v) is 1.87. The number of carbonyl (C=O) groups excluding carboxylic acids is 1. The Morgan fingerprint density at radius 2 is 2.14 bits per heavy atom. The van der Waals surface area contributed by atoms with Crippen LogP contribution in [-0.4, -0.2) is 18.2 Å². The second kappa shape index (κ2) is 3.41. The van der Waals surface area contributed by atoms with E-state index in [0.717, 1.165) is 10.9 Å². The lowest BCUT2D eigenvalue weighted by Gasteiger charge is -1.96. The van der Waals surface area contributed by atoms with Crippen molar-refractivity contribution >= 4 is 17.1 Å². The minimum absolute atomic E-state index is 0.387. The molecule has 0 amide bonds. The molecule has 4 heteroatoms. The Balaban J connectivity index is 2.31. The maximum Gasteiger partial charge on any atom is 0.514 e. The van der Waals surface area contributed by atoms with Gasteiger partial charge in [-0.15, -0.1) is 0 Å². The summed E-state index contributed by atoms with van der Waals surface area (Å²) in [5.41, 5.74) is 0.923. The molecule has 2 aromatic rings. The van der Waals surface area contributed by atoms with Crippen LogP contribution in [0.15, 0.2) is 30.3 Å². The number of ether oxygens (including phenoxy) is 2. The maximum absolute atomic E-state index is 10.8. The molecule has 1 heterocycles. The summed E-state index contributed by atoms with van der Waals surface area (Å²) in [6, 6.07) is 9.39. The summed E-state index contributed by atoms with van der Waals surface area (Å²) in [4.78, 5) is 13.7. The smallest absolute Gasteiger partial charge is 0.437 e. The molecule has 4 nitrogen and oxygen atoms in total. The van der Waals surface area contributed by atoms with Crippen molar-refractivity contribution in [2.24, 2.45) is 0 Å². The number of methoxy groups -OCH3 is 1. The maximum atomic E-state index is 10.8. The highest BCUT2D eigenvalue weighted by Gasteiger charge is 2.06. The van der Waals surface area contributed by atoms with Crippen LogP contribution in [-0.2, 0) is 4.74 Å². The summed E-state index contributed by atoms with van der Waals surface area (Å²) < 4.78 is 9.20. The van der Waals surface area contributed by atoms with Crippen molar-refractivity contribution in [1.82, 2.24) is 4.98 Å². The Morgan fingerprint density at radius 1 is 1.36 bits per heavy atom. The monoisotopic (exact) mass is 191 g/mol. The van der Waals surface area contributed by atoms with Gasteiger partial charge in [-0.25, -0.2) is 4.79 Å². The van der Waals surface area contributed by atoms with E-state index in [0.29, 0.717) is 5.88 Å². The lowest BCUT2D eigenvalue weighted by molar-refractivity contribution is 0.120. The molecule has 0 fully saturated rings. The number of hydrogen-bond donors (Lipinski definition) is 1. The van der Waals surface area contributed by atoms with Crippen LogP contribution in [0.4, 0.5) is 4.79 Å². The van der Waals surface area contributed by atoms with Crippen LogP contribution in [0.2, 0.25) is 0 Å². The Kier molecular flexibility index (Phi) is 2.10. The predicted molar refractivity (Wildman–Crippen MR) is 51.3 cm³/mol. The summed E-state index contributed by atoms with van der Waals surface area (Å²) >= 11 is 0. The topological polar surface area (TPSA) is 51.3 Å². The molecule has 2 rings (SSSR count). The number of benzene rings is 1. The normalized spacial score (nSPS) is 10.1. The molecule has 14 heavy (non-hydrogen) atoms.